The molecule has 0 unspecified atom stereocenters. The number of hydrogen-bond acceptors (Lipinski definition) is 9. The van der Waals surface area contributed by atoms with Crippen molar-refractivity contribution < 1.29 is 59.8 Å². The Balaban J connectivity index is 1.90. The number of benzene rings is 3. The van der Waals surface area contributed by atoms with Crippen LogP contribution in [0.3, 0.4) is 0 Å². The van der Waals surface area contributed by atoms with Gasteiger partial charge in [-0.15, -0.1) is 0 Å². The van der Waals surface area contributed by atoms with E-state index in [1.54, 1.807) is 46.4 Å². The summed E-state index contributed by atoms with van der Waals surface area (Å²) in [6, 6.07) is 9.59. The van der Waals surface area contributed by atoms with E-state index in [0.29, 0.717) is 32.0 Å². The Kier molecular flexibility index (Phi) is 16.3. The predicted octanol–water partition coefficient (Wildman–Crippen LogP) is 10.00. The maximum atomic E-state index is 14.6. The first kappa shape index (κ1) is 48.7. The first-order valence-electron chi connectivity index (χ1n) is 20.1. The summed E-state index contributed by atoms with van der Waals surface area (Å²) in [6.07, 6.45) is -4.87. The SMILES string of the molecule is CCCN(CCC)C(=O)c1cc(C(=O)O[C@H](CN(Cc2cccc(C(F)(F)F)c2)C(=O)OC(C)(C)C)[C@H](Cc2cc(F)cc(F)c2)NC(=O)OC(C)(C)C)cc(-c2ncco2)c1. The average Bonchev–Trinajstić information content (AvgIpc) is 3.70. The first-order chi connectivity index (χ1) is 28.9. The molecule has 0 aliphatic rings. The minimum Gasteiger partial charge on any atom is -0.455 e. The van der Waals surface area contributed by atoms with Crippen LogP contribution in [0.2, 0.25) is 0 Å². The van der Waals surface area contributed by atoms with E-state index in [4.69, 9.17) is 18.6 Å². The minimum atomic E-state index is -4.72. The van der Waals surface area contributed by atoms with Crippen molar-refractivity contribution in [3.05, 3.63) is 113 Å². The molecule has 1 heterocycles. The Hall–Kier alpha value is -6.00. The Labute approximate surface area is 357 Å². The van der Waals surface area contributed by atoms with E-state index in [0.717, 1.165) is 35.2 Å². The summed E-state index contributed by atoms with van der Waals surface area (Å²) in [5.41, 5.74) is -3.01. The molecule has 0 fully saturated rings. The number of aromatic nitrogens is 1. The zero-order valence-corrected chi connectivity index (χ0v) is 36.0. The molecule has 1 aromatic heterocycles. The van der Waals surface area contributed by atoms with Crippen molar-refractivity contribution in [1.29, 1.82) is 0 Å². The van der Waals surface area contributed by atoms with Gasteiger partial charge in [-0.2, -0.15) is 13.2 Å². The number of esters is 1. The third-order valence-electron chi connectivity index (χ3n) is 8.84. The molecule has 17 heteroatoms. The second kappa shape index (κ2) is 20.7. The van der Waals surface area contributed by atoms with Crippen LogP contribution >= 0.6 is 0 Å². The fraction of sp³-hybridized carbons (Fsp3) is 0.444. The van der Waals surface area contributed by atoms with Crippen LogP contribution in [0, 0.1) is 11.6 Å². The second-order valence-electron chi connectivity index (χ2n) is 16.7. The third kappa shape index (κ3) is 14.9. The van der Waals surface area contributed by atoms with Gasteiger partial charge in [0.25, 0.3) is 5.91 Å². The topological polar surface area (TPSA) is 141 Å². The summed E-state index contributed by atoms with van der Waals surface area (Å²) in [5, 5.41) is 2.61. The number of ether oxygens (including phenoxy) is 3. The van der Waals surface area contributed by atoms with Crippen LogP contribution in [-0.4, -0.2) is 81.8 Å². The number of alkyl halides is 3. The molecule has 4 aromatic rings. The van der Waals surface area contributed by atoms with Crippen LogP contribution in [0.1, 0.15) is 106 Å². The highest BCUT2D eigenvalue weighted by Gasteiger charge is 2.36. The van der Waals surface area contributed by atoms with Crippen molar-refractivity contribution in [2.24, 2.45) is 0 Å². The van der Waals surface area contributed by atoms with Crippen molar-refractivity contribution in [3.63, 3.8) is 0 Å². The third-order valence-corrected chi connectivity index (χ3v) is 8.84. The highest BCUT2D eigenvalue weighted by atomic mass is 19.4. The zero-order valence-electron chi connectivity index (χ0n) is 36.0. The van der Waals surface area contributed by atoms with Gasteiger partial charge in [-0.05, 0) is 114 Å². The van der Waals surface area contributed by atoms with Crippen molar-refractivity contribution in [1.82, 2.24) is 20.1 Å². The lowest BCUT2D eigenvalue weighted by atomic mass is 9.99. The molecule has 3 amide bonds. The molecule has 0 bridgehead atoms. The number of rotatable bonds is 16. The van der Waals surface area contributed by atoms with Crippen molar-refractivity contribution in [2.75, 3.05) is 19.6 Å². The summed E-state index contributed by atoms with van der Waals surface area (Å²) in [4.78, 5) is 62.6. The van der Waals surface area contributed by atoms with Crippen LogP contribution in [0.25, 0.3) is 11.5 Å². The minimum absolute atomic E-state index is 0.00276. The van der Waals surface area contributed by atoms with Crippen LogP contribution in [-0.2, 0) is 33.4 Å². The molecule has 0 aliphatic heterocycles. The van der Waals surface area contributed by atoms with Gasteiger partial charge in [0.05, 0.1) is 29.9 Å². The van der Waals surface area contributed by atoms with Gasteiger partial charge >= 0.3 is 24.3 Å². The Morgan fingerprint density at radius 1 is 0.790 bits per heavy atom. The van der Waals surface area contributed by atoms with Gasteiger partial charge < -0.3 is 33.7 Å². The molecule has 0 aliphatic carbocycles. The van der Waals surface area contributed by atoms with E-state index >= 15 is 0 Å². The molecule has 62 heavy (non-hydrogen) atoms. The van der Waals surface area contributed by atoms with Gasteiger partial charge in [-0.25, -0.2) is 28.1 Å². The molecular weight excluding hydrogens is 820 g/mol. The Morgan fingerprint density at radius 2 is 1.42 bits per heavy atom. The maximum absolute atomic E-state index is 14.6. The summed E-state index contributed by atoms with van der Waals surface area (Å²) >= 11 is 0. The van der Waals surface area contributed by atoms with Crippen LogP contribution in [0.4, 0.5) is 31.5 Å². The monoisotopic (exact) mass is 872 g/mol. The lowest BCUT2D eigenvalue weighted by Crippen LogP contribution is -2.53. The smallest absolute Gasteiger partial charge is 0.416 e. The summed E-state index contributed by atoms with van der Waals surface area (Å²) < 4.78 is 93.5. The van der Waals surface area contributed by atoms with Gasteiger partial charge in [-0.3, -0.25) is 4.79 Å². The number of nitrogens with one attached hydrogen (secondary N) is 1. The van der Waals surface area contributed by atoms with E-state index in [2.05, 4.69) is 10.3 Å². The first-order valence-corrected chi connectivity index (χ1v) is 20.1. The van der Waals surface area contributed by atoms with Crippen molar-refractivity contribution in [3.8, 4) is 11.5 Å². The quantitative estimate of drug-likeness (QED) is 0.0662. The normalized spacial score (nSPS) is 12.9. The molecule has 12 nitrogen and oxygen atoms in total. The standard InChI is InChI=1S/C45H53F5N4O8/c1-9-15-53(16-10-2)39(55)31-22-30(38-51-14-17-59-38)23-32(24-31)40(56)60-37(36(52-41(57)61-43(3,4)5)21-29-19-34(46)25-35(47)20-29)27-54(42(58)62-44(6,7)8)26-28-12-11-13-33(18-28)45(48,49)50/h11-14,17-20,22-25,36-37H,9-10,15-16,21,26-27H2,1-8H3,(H,52,57)/t36-,37+/m0/s1. The number of carbonyl (C=O) groups is 4. The predicted molar refractivity (Wildman–Crippen MR) is 219 cm³/mol. The molecule has 0 saturated heterocycles. The second-order valence-corrected chi connectivity index (χ2v) is 16.7. The van der Waals surface area contributed by atoms with E-state index in [-0.39, 0.29) is 33.7 Å². The Bertz CT molecular complexity index is 2140. The zero-order chi connectivity index (χ0) is 46.0. The van der Waals surface area contributed by atoms with Crippen molar-refractivity contribution >= 4 is 24.1 Å². The largest absolute Gasteiger partial charge is 0.455 e. The molecule has 2 atom stereocenters. The van der Waals surface area contributed by atoms with E-state index in [1.165, 1.54) is 36.7 Å². The van der Waals surface area contributed by atoms with Gasteiger partial charge in [0.2, 0.25) is 5.89 Å². The number of hydrogen-bond donors (Lipinski definition) is 1. The van der Waals surface area contributed by atoms with E-state index in [1.807, 2.05) is 13.8 Å². The molecule has 0 radical (unpaired) electrons. The molecule has 1 N–H and O–H groups in total. The molecule has 0 saturated carbocycles. The number of nitrogens with zero attached hydrogens (tertiary/aromatic N) is 3. The van der Waals surface area contributed by atoms with Gasteiger partial charge in [0.1, 0.15) is 35.2 Å². The number of oxazole rings is 1. The summed E-state index contributed by atoms with van der Waals surface area (Å²) in [6.45, 7) is 13.0. The van der Waals surface area contributed by atoms with Crippen LogP contribution < -0.4 is 5.32 Å². The van der Waals surface area contributed by atoms with Crippen LogP contribution in [0.15, 0.2) is 77.5 Å². The Morgan fingerprint density at radius 3 is 1.98 bits per heavy atom. The lowest BCUT2D eigenvalue weighted by Gasteiger charge is -2.34. The highest BCUT2D eigenvalue weighted by Crippen LogP contribution is 2.30. The average molecular weight is 873 g/mol. The summed E-state index contributed by atoms with van der Waals surface area (Å²) in [5.74, 6) is -3.32. The van der Waals surface area contributed by atoms with E-state index < -0.39 is 90.3 Å². The fourth-order valence-electron chi connectivity index (χ4n) is 6.38. The van der Waals surface area contributed by atoms with Gasteiger partial charge in [0.15, 0.2) is 0 Å². The molecule has 4 rings (SSSR count). The van der Waals surface area contributed by atoms with Gasteiger partial charge in [-0.1, -0.05) is 26.0 Å². The molecule has 336 valence electrons. The number of carbonyl (C=O) groups excluding carboxylic acids is 4. The molecular formula is C45H53F5N4O8. The van der Waals surface area contributed by atoms with Gasteiger partial charge in [0, 0.05) is 36.8 Å². The van der Waals surface area contributed by atoms with Crippen LogP contribution in [0.5, 0.6) is 0 Å². The number of alkyl carbamates (subject to hydrolysis) is 1. The van der Waals surface area contributed by atoms with Crippen molar-refractivity contribution in [2.45, 2.75) is 111 Å². The fourth-order valence-corrected chi connectivity index (χ4v) is 6.38. The molecule has 3 aromatic carbocycles. The summed E-state index contributed by atoms with van der Waals surface area (Å²) in [7, 11) is 0. The highest BCUT2D eigenvalue weighted by molar-refractivity contribution is 5.99. The molecule has 0 spiro atoms. The lowest BCUT2D eigenvalue weighted by molar-refractivity contribution is -0.137. The maximum Gasteiger partial charge on any atom is 0.416 e. The number of halogens is 5. The number of amides is 3. The van der Waals surface area contributed by atoms with E-state index in [9.17, 15) is 41.1 Å².